The van der Waals surface area contributed by atoms with Crippen molar-refractivity contribution in [3.05, 3.63) is 58.9 Å². The average molecular weight is 323 g/mol. The zero-order valence-corrected chi connectivity index (χ0v) is 14.0. The number of fused-ring (bicyclic) bond motifs is 1. The topological polar surface area (TPSA) is 62.3 Å². The summed E-state index contributed by atoms with van der Waals surface area (Å²) in [5.41, 5.74) is 4.54. The Kier molecular flexibility index (Phi) is 4.60. The number of rotatable bonds is 3. The number of aromatic nitrogens is 1. The highest BCUT2D eigenvalue weighted by Gasteiger charge is 2.23. The molecule has 3 rings (SSSR count). The predicted molar refractivity (Wildman–Crippen MR) is 92.8 cm³/mol. The Hall–Kier alpha value is -2.69. The number of carbonyl (C=O) groups excluding carboxylic acids is 2. The fourth-order valence-corrected chi connectivity index (χ4v) is 2.98. The monoisotopic (exact) mass is 323 g/mol. The van der Waals surface area contributed by atoms with Crippen molar-refractivity contribution in [3.63, 3.8) is 0 Å². The van der Waals surface area contributed by atoms with Crippen LogP contribution in [0.2, 0.25) is 0 Å². The Morgan fingerprint density at radius 2 is 1.96 bits per heavy atom. The molecular weight excluding hydrogens is 302 g/mol. The van der Waals surface area contributed by atoms with Crippen LogP contribution < -0.4 is 5.32 Å². The Labute approximate surface area is 141 Å². The van der Waals surface area contributed by atoms with E-state index in [-0.39, 0.29) is 11.8 Å². The van der Waals surface area contributed by atoms with E-state index in [1.54, 1.807) is 24.2 Å². The summed E-state index contributed by atoms with van der Waals surface area (Å²) in [5, 5.41) is 2.93. The number of aryl methyl sites for hydroxylation is 1. The van der Waals surface area contributed by atoms with Gasteiger partial charge in [0, 0.05) is 38.1 Å². The molecule has 0 saturated carbocycles. The Bertz CT molecular complexity index is 769. The van der Waals surface area contributed by atoms with Gasteiger partial charge in [-0.3, -0.25) is 14.6 Å². The van der Waals surface area contributed by atoms with Crippen LogP contribution >= 0.6 is 0 Å². The molecule has 124 valence electrons. The second-order valence-electron chi connectivity index (χ2n) is 6.02. The maximum absolute atomic E-state index is 12.6. The zero-order valence-electron chi connectivity index (χ0n) is 14.0. The average Bonchev–Trinajstić information content (AvgIpc) is 2.61. The number of benzene rings is 1. The van der Waals surface area contributed by atoms with E-state index >= 15 is 0 Å². The fraction of sp³-hybridized carbons (Fsp3) is 0.316. The van der Waals surface area contributed by atoms with Crippen LogP contribution in [0.15, 0.2) is 36.7 Å². The Balaban J connectivity index is 1.80. The van der Waals surface area contributed by atoms with E-state index in [0.29, 0.717) is 25.1 Å². The minimum Gasteiger partial charge on any atom is -0.338 e. The first-order valence-electron chi connectivity index (χ1n) is 8.20. The Morgan fingerprint density at radius 1 is 1.21 bits per heavy atom. The van der Waals surface area contributed by atoms with Gasteiger partial charge in [0.2, 0.25) is 5.91 Å². The normalized spacial score (nSPS) is 13.3. The fourth-order valence-electron chi connectivity index (χ4n) is 2.98. The number of pyridine rings is 1. The summed E-state index contributed by atoms with van der Waals surface area (Å²) in [6, 6.07) is 7.85. The Morgan fingerprint density at radius 3 is 2.62 bits per heavy atom. The number of anilines is 1. The van der Waals surface area contributed by atoms with Gasteiger partial charge in [0.05, 0.1) is 5.56 Å². The molecule has 0 bridgehead atoms. The van der Waals surface area contributed by atoms with E-state index in [4.69, 9.17) is 0 Å². The summed E-state index contributed by atoms with van der Waals surface area (Å²) >= 11 is 0. The first-order chi connectivity index (χ1) is 11.6. The van der Waals surface area contributed by atoms with E-state index < -0.39 is 0 Å². The molecule has 0 atom stereocenters. The van der Waals surface area contributed by atoms with Crippen LogP contribution in [0.1, 0.15) is 40.9 Å². The SMILES string of the molecule is CCc1ccc(NC(=O)c2cncc3c2CCN(C(C)=O)C3)cc1. The molecule has 0 fully saturated rings. The third kappa shape index (κ3) is 3.30. The molecule has 0 unspecified atom stereocenters. The van der Waals surface area contributed by atoms with Gasteiger partial charge in [0.15, 0.2) is 0 Å². The van der Waals surface area contributed by atoms with Crippen LogP contribution in [-0.4, -0.2) is 28.2 Å². The molecule has 1 aliphatic rings. The molecule has 1 N–H and O–H groups in total. The summed E-state index contributed by atoms with van der Waals surface area (Å²) in [4.78, 5) is 30.1. The van der Waals surface area contributed by atoms with Crippen LogP contribution in [0.5, 0.6) is 0 Å². The number of nitrogens with one attached hydrogen (secondary N) is 1. The van der Waals surface area contributed by atoms with Gasteiger partial charge < -0.3 is 10.2 Å². The number of hydrogen-bond acceptors (Lipinski definition) is 3. The van der Waals surface area contributed by atoms with Crippen molar-refractivity contribution in [3.8, 4) is 0 Å². The number of amides is 2. The molecule has 0 radical (unpaired) electrons. The van der Waals surface area contributed by atoms with Gasteiger partial charge in [-0.25, -0.2) is 0 Å². The van der Waals surface area contributed by atoms with Crippen molar-refractivity contribution in [1.29, 1.82) is 0 Å². The van der Waals surface area contributed by atoms with Crippen LogP contribution in [0.3, 0.4) is 0 Å². The second kappa shape index (κ2) is 6.83. The summed E-state index contributed by atoms with van der Waals surface area (Å²) in [6.07, 6.45) is 5.00. The molecule has 1 aromatic heterocycles. The van der Waals surface area contributed by atoms with E-state index in [1.807, 2.05) is 24.3 Å². The summed E-state index contributed by atoms with van der Waals surface area (Å²) in [7, 11) is 0. The molecule has 5 nitrogen and oxygen atoms in total. The largest absolute Gasteiger partial charge is 0.338 e. The van der Waals surface area contributed by atoms with Crippen molar-refractivity contribution in [1.82, 2.24) is 9.88 Å². The van der Waals surface area contributed by atoms with Gasteiger partial charge in [-0.1, -0.05) is 19.1 Å². The van der Waals surface area contributed by atoms with Crippen molar-refractivity contribution < 1.29 is 9.59 Å². The number of nitrogens with zero attached hydrogens (tertiary/aromatic N) is 2. The van der Waals surface area contributed by atoms with E-state index in [1.165, 1.54) is 5.56 Å². The van der Waals surface area contributed by atoms with Gasteiger partial charge in [-0.2, -0.15) is 0 Å². The van der Waals surface area contributed by atoms with Gasteiger partial charge in [-0.05, 0) is 41.7 Å². The number of hydrogen-bond donors (Lipinski definition) is 1. The lowest BCUT2D eigenvalue weighted by atomic mass is 9.96. The lowest BCUT2D eigenvalue weighted by Gasteiger charge is -2.28. The van der Waals surface area contributed by atoms with E-state index in [0.717, 1.165) is 23.2 Å². The number of carbonyl (C=O) groups is 2. The summed E-state index contributed by atoms with van der Waals surface area (Å²) in [6.45, 7) is 4.82. The molecule has 2 aromatic rings. The van der Waals surface area contributed by atoms with Crippen molar-refractivity contribution in [2.75, 3.05) is 11.9 Å². The zero-order chi connectivity index (χ0) is 17.1. The van der Waals surface area contributed by atoms with E-state index in [9.17, 15) is 9.59 Å². The smallest absolute Gasteiger partial charge is 0.257 e. The minimum atomic E-state index is -0.153. The van der Waals surface area contributed by atoms with Crippen LogP contribution in [0, 0.1) is 0 Å². The highest BCUT2D eigenvalue weighted by Crippen LogP contribution is 2.22. The molecule has 0 aliphatic carbocycles. The first kappa shape index (κ1) is 16.2. The third-order valence-electron chi connectivity index (χ3n) is 4.45. The van der Waals surface area contributed by atoms with Crippen molar-refractivity contribution >= 4 is 17.5 Å². The molecule has 5 heteroatoms. The third-order valence-corrected chi connectivity index (χ3v) is 4.45. The standard InChI is InChI=1S/C19H21N3O2/c1-3-14-4-6-16(7-5-14)21-19(24)18-11-20-10-15-12-22(13(2)23)9-8-17(15)18/h4-7,10-11H,3,8-9,12H2,1-2H3,(H,21,24). The first-order valence-corrected chi connectivity index (χ1v) is 8.20. The summed E-state index contributed by atoms with van der Waals surface area (Å²) < 4.78 is 0. The predicted octanol–water partition coefficient (Wildman–Crippen LogP) is 2.80. The quantitative estimate of drug-likeness (QED) is 0.945. The molecule has 1 aliphatic heterocycles. The second-order valence-corrected chi connectivity index (χ2v) is 6.02. The molecule has 2 amide bonds. The van der Waals surface area contributed by atoms with Crippen LogP contribution in [0.25, 0.3) is 0 Å². The maximum atomic E-state index is 12.6. The van der Waals surface area contributed by atoms with Gasteiger partial charge >= 0.3 is 0 Å². The highest BCUT2D eigenvalue weighted by atomic mass is 16.2. The lowest BCUT2D eigenvalue weighted by molar-refractivity contribution is -0.129. The van der Waals surface area contributed by atoms with E-state index in [2.05, 4.69) is 17.2 Å². The van der Waals surface area contributed by atoms with Crippen LogP contribution in [-0.2, 0) is 24.2 Å². The minimum absolute atomic E-state index is 0.0477. The van der Waals surface area contributed by atoms with Crippen LogP contribution in [0.4, 0.5) is 5.69 Å². The molecule has 0 saturated heterocycles. The van der Waals surface area contributed by atoms with Crippen molar-refractivity contribution in [2.24, 2.45) is 0 Å². The van der Waals surface area contributed by atoms with Gasteiger partial charge in [0.25, 0.3) is 5.91 Å². The molecule has 2 heterocycles. The maximum Gasteiger partial charge on any atom is 0.257 e. The summed E-state index contributed by atoms with van der Waals surface area (Å²) in [5.74, 6) is -0.105. The molecule has 0 spiro atoms. The molecule has 1 aromatic carbocycles. The lowest BCUT2D eigenvalue weighted by Crippen LogP contribution is -2.35. The molecular formula is C19H21N3O2. The molecule has 24 heavy (non-hydrogen) atoms. The van der Waals surface area contributed by atoms with Gasteiger partial charge in [0.1, 0.15) is 0 Å². The highest BCUT2D eigenvalue weighted by molar-refractivity contribution is 6.05. The van der Waals surface area contributed by atoms with Crippen molar-refractivity contribution in [2.45, 2.75) is 33.2 Å². The van der Waals surface area contributed by atoms with Gasteiger partial charge in [-0.15, -0.1) is 0 Å².